The van der Waals surface area contributed by atoms with E-state index in [1.807, 2.05) is 83.9 Å². The second kappa shape index (κ2) is 39.5. The number of hydrogen-bond acceptors (Lipinski definition) is 19. The van der Waals surface area contributed by atoms with E-state index in [0.717, 1.165) is 152 Å². The lowest BCUT2D eigenvalue weighted by molar-refractivity contribution is -0.218. The molecule has 2 fully saturated rings. The Labute approximate surface area is 590 Å². The summed E-state index contributed by atoms with van der Waals surface area (Å²) >= 11 is 1.56. The zero-order valence-corrected chi connectivity index (χ0v) is 58.0. The van der Waals surface area contributed by atoms with E-state index in [0.29, 0.717) is 113 Å². The first-order valence-electron chi connectivity index (χ1n) is 35.7. The molecule has 0 atom stereocenters. The molecule has 3 aliphatic rings. The summed E-state index contributed by atoms with van der Waals surface area (Å²) in [5, 5.41) is 7.73. The first-order chi connectivity index (χ1) is 49.1. The molecule has 1 heterocycles. The van der Waals surface area contributed by atoms with Crippen LogP contribution < -0.4 is 33.6 Å². The maximum absolute atomic E-state index is 13.9. The lowest BCUT2D eigenvalue weighted by Crippen LogP contribution is -2.30. The van der Waals surface area contributed by atoms with Crippen LogP contribution in [0.25, 0.3) is 21.3 Å². The molecule has 6 aromatic carbocycles. The Morgan fingerprint density at radius 2 is 0.990 bits per heavy atom. The Kier molecular flexibility index (Phi) is 29.0. The molecule has 7 aromatic rings. The summed E-state index contributed by atoms with van der Waals surface area (Å²) in [7, 11) is 0. The molecule has 1 aromatic heterocycles. The van der Waals surface area contributed by atoms with Crippen molar-refractivity contribution in [3.8, 4) is 45.6 Å². The first kappa shape index (κ1) is 73.4. The van der Waals surface area contributed by atoms with Crippen molar-refractivity contribution < 1.29 is 71.6 Å². The number of hydrogen-bond donors (Lipinski definition) is 0. The molecule has 18 nitrogen and oxygen atoms in total. The Hall–Kier alpha value is -9.33. The lowest BCUT2D eigenvalue weighted by atomic mass is 9.82. The maximum Gasteiger partial charge on any atom is 0.330 e. The number of benzene rings is 6. The van der Waals surface area contributed by atoms with Gasteiger partial charge >= 0.3 is 29.8 Å². The van der Waals surface area contributed by atoms with Crippen molar-refractivity contribution in [2.24, 2.45) is 22.9 Å². The van der Waals surface area contributed by atoms with Crippen molar-refractivity contribution in [3.63, 3.8) is 0 Å². The summed E-state index contributed by atoms with van der Waals surface area (Å²) in [5.74, 6) is 1.02. The highest BCUT2D eigenvalue weighted by molar-refractivity contribution is 7.22. The predicted octanol–water partition coefficient (Wildman–Crippen LogP) is 17.4. The Balaban J connectivity index is 0.708. The summed E-state index contributed by atoms with van der Waals surface area (Å²) in [5.41, 5.74) is 5.61. The van der Waals surface area contributed by atoms with Gasteiger partial charge in [-0.2, -0.15) is 9.99 Å². The minimum Gasteiger partial charge on any atom is -0.494 e. The Morgan fingerprint density at radius 3 is 1.58 bits per heavy atom. The van der Waals surface area contributed by atoms with Gasteiger partial charge in [0, 0.05) is 24.3 Å². The van der Waals surface area contributed by atoms with Crippen molar-refractivity contribution >= 4 is 62.7 Å². The van der Waals surface area contributed by atoms with Crippen molar-refractivity contribution in [3.05, 3.63) is 182 Å². The molecule has 3 aliphatic carbocycles. The summed E-state index contributed by atoms with van der Waals surface area (Å²) in [6.07, 6.45) is 22.1. The molecule has 0 N–H and O–H groups in total. The normalized spacial score (nSPS) is 16.4. The summed E-state index contributed by atoms with van der Waals surface area (Å²) in [4.78, 5) is 80.3. The zero-order chi connectivity index (χ0) is 69.5. The number of carbonyl (C=O) groups is 5. The fraction of sp³-hybridized carbons (Fsp3) is 0.420. The van der Waals surface area contributed by atoms with Crippen LogP contribution in [0.3, 0.4) is 0 Å². The quantitative estimate of drug-likeness (QED) is 0.00510. The molecule has 10 rings (SSSR count). The van der Waals surface area contributed by atoms with Gasteiger partial charge in [-0.3, -0.25) is 14.4 Å². The third-order valence-electron chi connectivity index (χ3n) is 18.4. The topological polar surface area (TPSA) is 206 Å². The van der Waals surface area contributed by atoms with Gasteiger partial charge in [0.05, 0.1) is 74.0 Å². The van der Waals surface area contributed by atoms with E-state index in [2.05, 4.69) is 31.4 Å². The van der Waals surface area contributed by atoms with E-state index in [9.17, 15) is 24.0 Å². The minimum absolute atomic E-state index is 0.0472. The molecule has 2 saturated carbocycles. The zero-order valence-electron chi connectivity index (χ0n) is 57.2. The van der Waals surface area contributed by atoms with Crippen LogP contribution in [-0.4, -0.2) is 93.3 Å². The molecule has 0 amide bonds. The molecule has 0 unspecified atom stereocenters. The summed E-state index contributed by atoms with van der Waals surface area (Å²) in [6, 6.07) is 44.2. The van der Waals surface area contributed by atoms with Crippen LogP contribution in [0.2, 0.25) is 0 Å². The van der Waals surface area contributed by atoms with Gasteiger partial charge < -0.3 is 42.8 Å². The average molecular weight is 1380 g/mol. The molecule has 0 bridgehead atoms. The lowest BCUT2D eigenvalue weighted by Gasteiger charge is -2.28. The second-order valence-electron chi connectivity index (χ2n) is 25.7. The van der Waals surface area contributed by atoms with Crippen molar-refractivity contribution in [2.75, 3.05) is 51.2 Å². The number of rotatable bonds is 41. The van der Waals surface area contributed by atoms with Crippen LogP contribution in [0.4, 0.5) is 5.13 Å². The van der Waals surface area contributed by atoms with Crippen LogP contribution in [0.1, 0.15) is 164 Å². The fourth-order valence-electron chi connectivity index (χ4n) is 12.8. The van der Waals surface area contributed by atoms with Gasteiger partial charge in [0.15, 0.2) is 5.75 Å². The van der Waals surface area contributed by atoms with E-state index in [-0.39, 0.29) is 41.8 Å². The maximum atomic E-state index is 13.9. The van der Waals surface area contributed by atoms with Crippen molar-refractivity contribution in [1.29, 1.82) is 0 Å². The Bertz CT molecular complexity index is 3720. The van der Waals surface area contributed by atoms with Gasteiger partial charge in [0.25, 0.3) is 0 Å². The van der Waals surface area contributed by atoms with E-state index in [1.54, 1.807) is 60.0 Å². The number of hydrazone groups is 1. The van der Waals surface area contributed by atoms with Crippen molar-refractivity contribution in [2.45, 2.75) is 153 Å². The number of nitrogens with zero attached hydrogens (tertiary/aromatic N) is 3. The van der Waals surface area contributed by atoms with Crippen LogP contribution >= 0.6 is 11.3 Å². The molecule has 0 spiro atoms. The van der Waals surface area contributed by atoms with Gasteiger partial charge in [-0.15, -0.1) is 0 Å². The van der Waals surface area contributed by atoms with E-state index < -0.39 is 17.9 Å². The molecule has 19 heteroatoms. The monoisotopic (exact) mass is 1380 g/mol. The number of ether oxygens (including phenoxy) is 8. The number of anilines is 1. The minimum atomic E-state index is -0.404. The third-order valence-corrected chi connectivity index (χ3v) is 19.4. The van der Waals surface area contributed by atoms with E-state index in [4.69, 9.17) is 57.8 Å². The highest BCUT2D eigenvalue weighted by atomic mass is 32.1. The SMILES string of the molecule is C=CC(=O)OCCCCCCOc1ccc(OC(=O)C2CCC(COOc3ccc(OC(=O)C4CCC(Oc5ccc(OCCCCCCOC(=O)C=C)cc5)CC4)cc3/C=N/N(CCCCCCCCOC(=O)C3c4ccccc4-c4ccccc43)c3nc4ccccc4s3)CC2)cc1. The van der Waals surface area contributed by atoms with Crippen LogP contribution in [-0.2, 0) is 43.1 Å². The van der Waals surface area contributed by atoms with Gasteiger partial charge in [-0.25, -0.2) is 19.6 Å². The highest BCUT2D eigenvalue weighted by Gasteiger charge is 2.35. The van der Waals surface area contributed by atoms with Crippen LogP contribution in [0.15, 0.2) is 170 Å². The van der Waals surface area contributed by atoms with Gasteiger partial charge in [-0.1, -0.05) is 111 Å². The van der Waals surface area contributed by atoms with Gasteiger partial charge in [0.1, 0.15) is 34.7 Å². The number of thiazole rings is 1. The standard InChI is InChI=1S/C81H93N3O15S/c1-3-75(85)92-52-22-11-9-20-50-90-62-39-43-65(44-40-62)96-64-37-35-60(36-38-64)79(88)98-67-47-48-73(99-95-57-58-31-33-59(34-32-58)78(87)97-66-45-41-63(42-46-66)91-51-21-10-12-23-53-93-76(86)4-2)61(55-67)56-82-84(81-83-72-29-17-18-30-74(72)100-81)49-19-7-5-6-8-24-54-94-80(89)77-70-27-15-13-25-68(70)69-26-14-16-28-71(69)77/h3-4,13-18,25-30,39-48,55-56,58-60,64,77H,1-2,5-12,19-24,31-38,49-54,57H2/b82-56+. The Morgan fingerprint density at radius 1 is 0.500 bits per heavy atom. The molecule has 0 saturated heterocycles. The molecule has 528 valence electrons. The largest absolute Gasteiger partial charge is 0.494 e. The first-order valence-corrected chi connectivity index (χ1v) is 36.5. The number of esters is 5. The van der Waals surface area contributed by atoms with Crippen LogP contribution in [0.5, 0.6) is 34.5 Å². The number of aromatic nitrogens is 1. The van der Waals surface area contributed by atoms with E-state index >= 15 is 0 Å². The number of carbonyl (C=O) groups excluding carboxylic acids is 5. The fourth-order valence-corrected chi connectivity index (χ4v) is 13.7. The summed E-state index contributed by atoms with van der Waals surface area (Å²) in [6.45, 7) is 10.0. The van der Waals surface area contributed by atoms with E-state index in [1.165, 1.54) is 12.2 Å². The number of para-hydroxylation sites is 1. The molecule has 0 radical (unpaired) electrons. The number of unbranched alkanes of at least 4 members (excludes halogenated alkanes) is 11. The predicted molar refractivity (Wildman–Crippen MR) is 386 cm³/mol. The molecular weight excluding hydrogens is 1290 g/mol. The summed E-state index contributed by atoms with van der Waals surface area (Å²) < 4.78 is 47.2. The highest BCUT2D eigenvalue weighted by Crippen LogP contribution is 2.45. The molecule has 100 heavy (non-hydrogen) atoms. The number of fused-ring (bicyclic) bond motifs is 4. The second-order valence-corrected chi connectivity index (χ2v) is 26.7. The average Bonchev–Trinajstić information content (AvgIpc) is 1.61. The van der Waals surface area contributed by atoms with Crippen LogP contribution in [0, 0.1) is 17.8 Å². The molecular formula is C81H93N3O15S. The third kappa shape index (κ3) is 22.6. The van der Waals surface area contributed by atoms with Gasteiger partial charge in [-0.05, 0) is 223 Å². The van der Waals surface area contributed by atoms with Gasteiger partial charge in [0.2, 0.25) is 5.13 Å². The van der Waals surface area contributed by atoms with Crippen molar-refractivity contribution in [1.82, 2.24) is 4.98 Å². The molecule has 0 aliphatic heterocycles. The smallest absolute Gasteiger partial charge is 0.330 e.